The third-order valence-corrected chi connectivity index (χ3v) is 3.12. The molecule has 0 N–H and O–H groups in total. The Balaban J connectivity index is 1.99. The Kier molecular flexibility index (Phi) is 7.89. The van der Waals surface area contributed by atoms with E-state index in [-0.39, 0.29) is 0 Å². The molecule has 5 nitrogen and oxygen atoms in total. The van der Waals surface area contributed by atoms with Crippen LogP contribution in [0, 0.1) is 0 Å². The molecule has 0 aromatic rings. The summed E-state index contributed by atoms with van der Waals surface area (Å²) in [4.78, 5) is 24.4. The van der Waals surface area contributed by atoms with Crippen molar-refractivity contribution in [1.82, 2.24) is 4.90 Å². The first kappa shape index (κ1) is 15.7. The lowest BCUT2D eigenvalue weighted by Gasteiger charge is -2.26. The van der Waals surface area contributed by atoms with Gasteiger partial charge in [-0.25, -0.2) is 9.59 Å². The lowest BCUT2D eigenvalue weighted by atomic mass is 10.1. The number of piperidine rings is 1. The van der Waals surface area contributed by atoms with Crippen LogP contribution in [0.4, 0.5) is 0 Å². The first-order valence-electron chi connectivity index (χ1n) is 6.87. The van der Waals surface area contributed by atoms with E-state index in [1.165, 1.54) is 39.5 Å². The van der Waals surface area contributed by atoms with Crippen LogP contribution in [0.15, 0.2) is 12.2 Å². The highest BCUT2D eigenvalue weighted by Crippen LogP contribution is 2.09. The van der Waals surface area contributed by atoms with Gasteiger partial charge in [-0.1, -0.05) is 6.42 Å². The summed E-state index contributed by atoms with van der Waals surface area (Å²) in [6, 6.07) is 0. The second kappa shape index (κ2) is 9.55. The SMILES string of the molecule is COC(=O)/C=C/C(=O)OCCCCN1CCCCC1. The highest BCUT2D eigenvalue weighted by molar-refractivity contribution is 5.91. The molecular formula is C14H23NO4. The molecule has 1 saturated heterocycles. The molecule has 5 heteroatoms. The predicted octanol–water partition coefficient (Wildman–Crippen LogP) is 1.52. The number of rotatable bonds is 7. The van der Waals surface area contributed by atoms with E-state index in [9.17, 15) is 9.59 Å². The Morgan fingerprint density at radius 2 is 1.74 bits per heavy atom. The molecule has 1 rings (SSSR count). The smallest absolute Gasteiger partial charge is 0.331 e. The van der Waals surface area contributed by atoms with E-state index in [2.05, 4.69) is 9.64 Å². The number of nitrogens with zero attached hydrogens (tertiary/aromatic N) is 1. The lowest BCUT2D eigenvalue weighted by Crippen LogP contribution is -2.30. The predicted molar refractivity (Wildman–Crippen MR) is 71.6 cm³/mol. The van der Waals surface area contributed by atoms with Crippen LogP contribution in [0.2, 0.25) is 0 Å². The van der Waals surface area contributed by atoms with E-state index in [0.717, 1.165) is 31.5 Å². The van der Waals surface area contributed by atoms with Crippen molar-refractivity contribution in [3.63, 3.8) is 0 Å². The van der Waals surface area contributed by atoms with Crippen molar-refractivity contribution in [2.75, 3.05) is 33.4 Å². The molecular weight excluding hydrogens is 246 g/mol. The summed E-state index contributed by atoms with van der Waals surface area (Å²) < 4.78 is 9.35. The van der Waals surface area contributed by atoms with E-state index in [1.54, 1.807) is 0 Å². The summed E-state index contributed by atoms with van der Waals surface area (Å²) in [6.07, 6.45) is 8.00. The summed E-state index contributed by atoms with van der Waals surface area (Å²) in [5.74, 6) is -1.05. The molecule has 1 aliphatic rings. The van der Waals surface area contributed by atoms with Gasteiger partial charge in [-0.3, -0.25) is 0 Å². The maximum Gasteiger partial charge on any atom is 0.331 e. The molecule has 0 aromatic heterocycles. The van der Waals surface area contributed by atoms with Gasteiger partial charge in [-0.2, -0.15) is 0 Å². The molecule has 1 fully saturated rings. The quantitative estimate of drug-likeness (QED) is 0.398. The number of unbranched alkanes of at least 4 members (excludes halogenated alkanes) is 1. The summed E-state index contributed by atoms with van der Waals surface area (Å²) >= 11 is 0. The van der Waals surface area contributed by atoms with Crippen molar-refractivity contribution in [2.24, 2.45) is 0 Å². The van der Waals surface area contributed by atoms with Gasteiger partial charge in [0.05, 0.1) is 13.7 Å². The Bertz CT molecular complexity index is 309. The molecule has 0 aliphatic carbocycles. The largest absolute Gasteiger partial charge is 0.466 e. The van der Waals surface area contributed by atoms with E-state index >= 15 is 0 Å². The zero-order valence-electron chi connectivity index (χ0n) is 11.6. The average Bonchev–Trinajstić information content (AvgIpc) is 2.45. The third-order valence-electron chi connectivity index (χ3n) is 3.12. The van der Waals surface area contributed by atoms with Gasteiger partial charge in [0.15, 0.2) is 0 Å². The van der Waals surface area contributed by atoms with E-state index in [1.807, 2.05) is 0 Å². The summed E-state index contributed by atoms with van der Waals surface area (Å²) in [7, 11) is 1.26. The van der Waals surface area contributed by atoms with Crippen molar-refractivity contribution in [1.29, 1.82) is 0 Å². The number of carbonyl (C=O) groups excluding carboxylic acids is 2. The molecule has 19 heavy (non-hydrogen) atoms. The maximum atomic E-state index is 11.2. The number of ether oxygens (including phenoxy) is 2. The van der Waals surface area contributed by atoms with Gasteiger partial charge in [-0.15, -0.1) is 0 Å². The van der Waals surface area contributed by atoms with Crippen molar-refractivity contribution in [3.8, 4) is 0 Å². The molecule has 1 aliphatic heterocycles. The van der Waals surface area contributed by atoms with E-state index < -0.39 is 11.9 Å². The first-order valence-corrected chi connectivity index (χ1v) is 6.87. The molecule has 0 atom stereocenters. The topological polar surface area (TPSA) is 55.8 Å². The minimum atomic E-state index is -0.554. The van der Waals surface area contributed by atoms with Crippen LogP contribution >= 0.6 is 0 Å². The molecule has 1 heterocycles. The highest BCUT2D eigenvalue weighted by Gasteiger charge is 2.08. The van der Waals surface area contributed by atoms with Crippen molar-refractivity contribution in [3.05, 3.63) is 12.2 Å². The zero-order chi connectivity index (χ0) is 13.9. The second-order valence-electron chi connectivity index (χ2n) is 4.63. The van der Waals surface area contributed by atoms with Crippen LogP contribution in [0.25, 0.3) is 0 Å². The fourth-order valence-electron chi connectivity index (χ4n) is 2.05. The summed E-state index contributed by atoms with van der Waals surface area (Å²) in [5.41, 5.74) is 0. The van der Waals surface area contributed by atoms with Gasteiger partial charge in [0.1, 0.15) is 0 Å². The van der Waals surface area contributed by atoms with Crippen LogP contribution in [-0.4, -0.2) is 50.2 Å². The standard InChI is InChI=1S/C14H23NO4/c1-18-13(16)7-8-14(17)19-12-6-5-11-15-9-3-2-4-10-15/h7-8H,2-6,9-12H2,1H3/b8-7+. The Morgan fingerprint density at radius 3 is 2.42 bits per heavy atom. The van der Waals surface area contributed by atoms with E-state index in [4.69, 9.17) is 4.74 Å². The molecule has 0 spiro atoms. The number of likely N-dealkylation sites (tertiary alicyclic amines) is 1. The number of carbonyl (C=O) groups is 2. The number of esters is 2. The van der Waals surface area contributed by atoms with Crippen LogP contribution in [0.5, 0.6) is 0 Å². The van der Waals surface area contributed by atoms with Crippen LogP contribution in [-0.2, 0) is 19.1 Å². The molecule has 0 saturated carbocycles. The number of hydrogen-bond acceptors (Lipinski definition) is 5. The van der Waals surface area contributed by atoms with Gasteiger partial charge in [0, 0.05) is 12.2 Å². The van der Waals surface area contributed by atoms with Gasteiger partial charge < -0.3 is 14.4 Å². The molecule has 0 radical (unpaired) electrons. The van der Waals surface area contributed by atoms with Gasteiger partial charge in [-0.05, 0) is 45.3 Å². The third kappa shape index (κ3) is 7.62. The zero-order valence-corrected chi connectivity index (χ0v) is 11.6. The Morgan fingerprint density at radius 1 is 1.05 bits per heavy atom. The van der Waals surface area contributed by atoms with E-state index in [0.29, 0.717) is 6.61 Å². The minimum absolute atomic E-state index is 0.401. The molecule has 0 amide bonds. The van der Waals surface area contributed by atoms with Crippen LogP contribution in [0.3, 0.4) is 0 Å². The Labute approximate surface area is 114 Å². The molecule has 108 valence electrons. The molecule has 0 unspecified atom stereocenters. The normalized spacial score (nSPS) is 16.5. The summed E-state index contributed by atoms with van der Waals surface area (Å²) in [6.45, 7) is 3.87. The molecule has 0 aromatic carbocycles. The van der Waals surface area contributed by atoms with Gasteiger partial charge in [0.25, 0.3) is 0 Å². The van der Waals surface area contributed by atoms with Gasteiger partial charge >= 0.3 is 11.9 Å². The van der Waals surface area contributed by atoms with Gasteiger partial charge in [0.2, 0.25) is 0 Å². The molecule has 0 bridgehead atoms. The first-order chi connectivity index (χ1) is 9.22. The van der Waals surface area contributed by atoms with Crippen molar-refractivity contribution < 1.29 is 19.1 Å². The maximum absolute atomic E-state index is 11.2. The van der Waals surface area contributed by atoms with Crippen LogP contribution in [0.1, 0.15) is 32.1 Å². The summed E-state index contributed by atoms with van der Waals surface area (Å²) in [5, 5.41) is 0. The van der Waals surface area contributed by atoms with Crippen molar-refractivity contribution >= 4 is 11.9 Å². The lowest BCUT2D eigenvalue weighted by molar-refractivity contribution is -0.139. The highest BCUT2D eigenvalue weighted by atomic mass is 16.5. The minimum Gasteiger partial charge on any atom is -0.466 e. The number of methoxy groups -OCH3 is 1. The fraction of sp³-hybridized carbons (Fsp3) is 0.714. The Hall–Kier alpha value is -1.36. The second-order valence-corrected chi connectivity index (χ2v) is 4.63. The monoisotopic (exact) mass is 269 g/mol. The van der Waals surface area contributed by atoms with Crippen LogP contribution < -0.4 is 0 Å². The number of hydrogen-bond donors (Lipinski definition) is 0. The average molecular weight is 269 g/mol. The van der Waals surface area contributed by atoms with Crippen molar-refractivity contribution in [2.45, 2.75) is 32.1 Å². The fourth-order valence-corrected chi connectivity index (χ4v) is 2.05.